The molecule has 0 radical (unpaired) electrons. The lowest BCUT2D eigenvalue weighted by atomic mass is 9.64. The van der Waals surface area contributed by atoms with Crippen molar-refractivity contribution in [2.45, 2.75) is 65.0 Å². The fraction of sp³-hybridized carbons (Fsp3) is 1.00. The van der Waals surface area contributed by atoms with Crippen molar-refractivity contribution in [2.75, 3.05) is 13.2 Å². The molecule has 1 saturated heterocycles. The smallest absolute Gasteiger partial charge is 0.0700 e. The summed E-state index contributed by atoms with van der Waals surface area (Å²) < 4.78 is 5.60. The Labute approximate surface area is 100 Å². The van der Waals surface area contributed by atoms with Crippen molar-refractivity contribution < 1.29 is 4.74 Å². The van der Waals surface area contributed by atoms with Crippen molar-refractivity contribution in [3.8, 4) is 0 Å². The summed E-state index contributed by atoms with van der Waals surface area (Å²) in [4.78, 5) is 0. The first kappa shape index (κ1) is 12.4. The van der Waals surface area contributed by atoms with Crippen LogP contribution in [0.25, 0.3) is 0 Å². The highest BCUT2D eigenvalue weighted by Gasteiger charge is 2.38. The molecule has 1 aliphatic carbocycles. The predicted octanol–water partition coefficient (Wildman–Crippen LogP) is 2.97. The Kier molecular flexibility index (Phi) is 3.91. The fourth-order valence-electron chi connectivity index (χ4n) is 3.34. The first-order valence-electron chi connectivity index (χ1n) is 6.96. The summed E-state index contributed by atoms with van der Waals surface area (Å²) in [5.41, 5.74) is 0.622. The molecule has 2 rings (SSSR count). The van der Waals surface area contributed by atoms with E-state index in [0.717, 1.165) is 12.5 Å². The molecule has 0 aromatic carbocycles. The van der Waals surface area contributed by atoms with Gasteiger partial charge in [0.15, 0.2) is 0 Å². The van der Waals surface area contributed by atoms with E-state index in [4.69, 9.17) is 4.74 Å². The van der Waals surface area contributed by atoms with Crippen molar-refractivity contribution in [3.63, 3.8) is 0 Å². The highest BCUT2D eigenvalue weighted by Crippen LogP contribution is 2.45. The molecule has 0 aromatic heterocycles. The molecule has 1 N–H and O–H groups in total. The molecular formula is C14H27NO. The Hall–Kier alpha value is -0.0800. The van der Waals surface area contributed by atoms with Crippen molar-refractivity contribution in [1.29, 1.82) is 0 Å². The van der Waals surface area contributed by atoms with E-state index >= 15 is 0 Å². The van der Waals surface area contributed by atoms with Gasteiger partial charge in [0.2, 0.25) is 0 Å². The average molecular weight is 225 g/mol. The molecule has 0 aromatic rings. The van der Waals surface area contributed by atoms with Crippen LogP contribution in [0.5, 0.6) is 0 Å². The third-order valence-electron chi connectivity index (χ3n) is 4.37. The zero-order valence-corrected chi connectivity index (χ0v) is 11.1. The van der Waals surface area contributed by atoms with E-state index in [-0.39, 0.29) is 0 Å². The molecule has 1 saturated carbocycles. The fourth-order valence-corrected chi connectivity index (χ4v) is 3.34. The molecule has 2 aliphatic rings. The number of nitrogens with one attached hydrogen (secondary N) is 1. The average Bonchev–Trinajstić information content (AvgIpc) is 2.55. The zero-order valence-electron chi connectivity index (χ0n) is 11.1. The van der Waals surface area contributed by atoms with Gasteiger partial charge in [-0.05, 0) is 43.9 Å². The van der Waals surface area contributed by atoms with Crippen molar-refractivity contribution in [3.05, 3.63) is 0 Å². The molecule has 16 heavy (non-hydrogen) atoms. The number of hydrogen-bond donors (Lipinski definition) is 1. The summed E-state index contributed by atoms with van der Waals surface area (Å²) in [5, 5.41) is 3.75. The lowest BCUT2D eigenvalue weighted by Crippen LogP contribution is -2.46. The number of hydrogen-bond acceptors (Lipinski definition) is 2. The molecule has 2 unspecified atom stereocenters. The van der Waals surface area contributed by atoms with Gasteiger partial charge in [-0.3, -0.25) is 0 Å². The van der Waals surface area contributed by atoms with E-state index in [1.807, 2.05) is 0 Å². The quantitative estimate of drug-likeness (QED) is 0.776. The second-order valence-corrected chi connectivity index (χ2v) is 6.30. The van der Waals surface area contributed by atoms with E-state index < -0.39 is 0 Å². The molecule has 0 amide bonds. The second-order valence-electron chi connectivity index (χ2n) is 6.30. The van der Waals surface area contributed by atoms with Crippen molar-refractivity contribution in [1.82, 2.24) is 5.32 Å². The summed E-state index contributed by atoms with van der Waals surface area (Å²) in [7, 11) is 0. The van der Waals surface area contributed by atoms with Crippen LogP contribution in [0, 0.1) is 11.3 Å². The molecule has 2 fully saturated rings. The third-order valence-corrected chi connectivity index (χ3v) is 4.37. The first-order valence-corrected chi connectivity index (χ1v) is 6.96. The Morgan fingerprint density at radius 2 is 2.12 bits per heavy atom. The Morgan fingerprint density at radius 3 is 2.56 bits per heavy atom. The Morgan fingerprint density at radius 1 is 1.38 bits per heavy atom. The largest absolute Gasteiger partial charge is 0.377 e. The van der Waals surface area contributed by atoms with Gasteiger partial charge in [0.05, 0.1) is 6.10 Å². The summed E-state index contributed by atoms with van der Waals surface area (Å²) in [6.45, 7) is 9.04. The van der Waals surface area contributed by atoms with E-state index in [2.05, 4.69) is 26.1 Å². The third kappa shape index (κ3) is 2.78. The van der Waals surface area contributed by atoms with E-state index in [9.17, 15) is 0 Å². The van der Waals surface area contributed by atoms with Crippen LogP contribution in [0.3, 0.4) is 0 Å². The summed E-state index contributed by atoms with van der Waals surface area (Å²) in [5.74, 6) is 0.833. The van der Waals surface area contributed by atoms with Gasteiger partial charge in [0, 0.05) is 19.2 Å². The summed E-state index contributed by atoms with van der Waals surface area (Å²) >= 11 is 0. The Bertz CT molecular complexity index is 223. The molecule has 2 nitrogen and oxygen atoms in total. The Balaban J connectivity index is 1.78. The zero-order chi connectivity index (χ0) is 11.6. The molecule has 1 heterocycles. The molecule has 2 atom stereocenters. The van der Waals surface area contributed by atoms with Crippen LogP contribution in [0.15, 0.2) is 0 Å². The highest BCUT2D eigenvalue weighted by molar-refractivity contribution is 4.92. The van der Waals surface area contributed by atoms with Gasteiger partial charge in [-0.15, -0.1) is 0 Å². The number of ether oxygens (including phenoxy) is 1. The molecule has 94 valence electrons. The van der Waals surface area contributed by atoms with Gasteiger partial charge in [-0.1, -0.05) is 20.3 Å². The topological polar surface area (TPSA) is 21.3 Å². The minimum absolute atomic E-state index is 0.413. The molecule has 1 aliphatic heterocycles. The maximum absolute atomic E-state index is 5.60. The maximum atomic E-state index is 5.60. The molecule has 2 heteroatoms. The molecule has 0 bridgehead atoms. The standard InChI is InChI=1S/C14H27NO/c1-11(2)9-14(6-4-7-14)10-15-13-5-8-16-12(13)3/h11-13,15H,4-10H2,1-3H3. The van der Waals surface area contributed by atoms with Crippen LogP contribution in [-0.2, 0) is 4.74 Å². The highest BCUT2D eigenvalue weighted by atomic mass is 16.5. The van der Waals surface area contributed by atoms with Gasteiger partial charge < -0.3 is 10.1 Å². The van der Waals surface area contributed by atoms with Crippen LogP contribution in [0.2, 0.25) is 0 Å². The van der Waals surface area contributed by atoms with E-state index in [1.165, 1.54) is 38.6 Å². The SMILES string of the molecule is CC(C)CC1(CNC2CCOC2C)CCC1. The molecular weight excluding hydrogens is 198 g/mol. The van der Waals surface area contributed by atoms with Crippen LogP contribution >= 0.6 is 0 Å². The minimum Gasteiger partial charge on any atom is -0.377 e. The van der Waals surface area contributed by atoms with Gasteiger partial charge in [0.1, 0.15) is 0 Å². The van der Waals surface area contributed by atoms with Crippen LogP contribution < -0.4 is 5.32 Å². The first-order chi connectivity index (χ1) is 7.61. The van der Waals surface area contributed by atoms with Crippen LogP contribution in [-0.4, -0.2) is 25.3 Å². The summed E-state index contributed by atoms with van der Waals surface area (Å²) in [6, 6.07) is 0.602. The van der Waals surface area contributed by atoms with Gasteiger partial charge in [-0.25, -0.2) is 0 Å². The van der Waals surface area contributed by atoms with Gasteiger partial charge in [-0.2, -0.15) is 0 Å². The predicted molar refractivity (Wildman–Crippen MR) is 67.6 cm³/mol. The minimum atomic E-state index is 0.413. The lowest BCUT2D eigenvalue weighted by molar-refractivity contribution is 0.0794. The molecule has 0 spiro atoms. The van der Waals surface area contributed by atoms with Crippen LogP contribution in [0.4, 0.5) is 0 Å². The lowest BCUT2D eigenvalue weighted by Gasteiger charge is -2.44. The maximum Gasteiger partial charge on any atom is 0.0700 e. The van der Waals surface area contributed by atoms with Gasteiger partial charge >= 0.3 is 0 Å². The summed E-state index contributed by atoms with van der Waals surface area (Å²) in [6.07, 6.45) is 7.29. The van der Waals surface area contributed by atoms with E-state index in [1.54, 1.807) is 0 Å². The van der Waals surface area contributed by atoms with Gasteiger partial charge in [0.25, 0.3) is 0 Å². The van der Waals surface area contributed by atoms with Crippen molar-refractivity contribution in [2.24, 2.45) is 11.3 Å². The second kappa shape index (κ2) is 5.05. The number of rotatable bonds is 5. The normalized spacial score (nSPS) is 33.0. The van der Waals surface area contributed by atoms with E-state index in [0.29, 0.717) is 17.6 Å². The van der Waals surface area contributed by atoms with Crippen LogP contribution in [0.1, 0.15) is 52.9 Å². The van der Waals surface area contributed by atoms with Crippen molar-refractivity contribution >= 4 is 0 Å². The monoisotopic (exact) mass is 225 g/mol.